The second-order valence-corrected chi connectivity index (χ2v) is 17.5. The number of urea groups is 1. The molecule has 56 heavy (non-hydrogen) atoms. The van der Waals surface area contributed by atoms with E-state index in [9.17, 15) is 24.0 Å². The molecular weight excluding hydrogens is 735 g/mol. The SMILES string of the molecule is C=C(C)NC(=O)N[C@H](C(=O)N1C[C@H](Oc2nc(-c3cccc(NC(C)C)n3)nc3ccsc23)C[C@H]1C(=O)N[C@@H](CC1CCC1)C(=O)C(=O)NC1CC1)C(C)(C)C. The number of carbonyl (C=O) groups excluding carboxylic acids is 5. The Morgan fingerprint density at radius 1 is 1.02 bits per heavy atom. The van der Waals surface area contributed by atoms with Crippen LogP contribution in [0.2, 0.25) is 0 Å². The van der Waals surface area contributed by atoms with Crippen LogP contribution in [0.4, 0.5) is 10.6 Å². The Kier molecular flexibility index (Phi) is 12.3. The molecule has 2 saturated carbocycles. The molecule has 1 saturated heterocycles. The number of hydrogen-bond acceptors (Lipinski definition) is 11. The summed E-state index contributed by atoms with van der Waals surface area (Å²) >= 11 is 1.40. The van der Waals surface area contributed by atoms with Gasteiger partial charge in [0.2, 0.25) is 23.5 Å². The van der Waals surface area contributed by atoms with Crippen molar-refractivity contribution in [2.45, 2.75) is 123 Å². The van der Waals surface area contributed by atoms with Crippen molar-refractivity contribution < 1.29 is 28.7 Å². The number of aromatic nitrogens is 3. The molecule has 3 fully saturated rings. The van der Waals surface area contributed by atoms with E-state index in [0.29, 0.717) is 39.7 Å². The zero-order valence-electron chi connectivity index (χ0n) is 32.9. The zero-order valence-corrected chi connectivity index (χ0v) is 33.8. The molecule has 6 rings (SSSR count). The molecule has 4 atom stereocenters. The lowest BCUT2D eigenvalue weighted by Crippen LogP contribution is -2.60. The topological polar surface area (TPSA) is 197 Å². The Morgan fingerprint density at radius 2 is 1.77 bits per heavy atom. The van der Waals surface area contributed by atoms with Gasteiger partial charge in [-0.05, 0) is 74.9 Å². The van der Waals surface area contributed by atoms with Gasteiger partial charge in [-0.25, -0.2) is 14.8 Å². The number of fused-ring (bicyclic) bond motifs is 1. The summed E-state index contributed by atoms with van der Waals surface area (Å²) in [6, 6.07) is 3.75. The van der Waals surface area contributed by atoms with Gasteiger partial charge in [0.05, 0.1) is 18.1 Å². The molecule has 2 aliphatic carbocycles. The minimum atomic E-state index is -1.09. The number of anilines is 1. The van der Waals surface area contributed by atoms with Gasteiger partial charge < -0.3 is 36.2 Å². The molecule has 0 bridgehead atoms. The number of thiophene rings is 1. The van der Waals surface area contributed by atoms with Gasteiger partial charge >= 0.3 is 6.03 Å². The lowest BCUT2D eigenvalue weighted by atomic mass is 9.80. The first-order valence-electron chi connectivity index (χ1n) is 19.4. The van der Waals surface area contributed by atoms with Crippen LogP contribution in [-0.4, -0.2) is 92.2 Å². The van der Waals surface area contributed by atoms with Crippen LogP contribution in [0.15, 0.2) is 41.9 Å². The highest BCUT2D eigenvalue weighted by molar-refractivity contribution is 7.17. The molecule has 3 aliphatic rings. The minimum Gasteiger partial charge on any atom is -0.471 e. The highest BCUT2D eigenvalue weighted by Crippen LogP contribution is 2.35. The number of ether oxygens (including phenoxy) is 1. The minimum absolute atomic E-state index is 0.0189. The molecule has 0 radical (unpaired) electrons. The number of hydrogen-bond donors (Lipinski definition) is 5. The van der Waals surface area contributed by atoms with Crippen molar-refractivity contribution in [1.29, 1.82) is 0 Å². The fourth-order valence-electron chi connectivity index (χ4n) is 6.88. The summed E-state index contributed by atoms with van der Waals surface area (Å²) in [4.78, 5) is 84.0. The average molecular weight is 788 g/mol. The molecular formula is C40H53N9O6S. The zero-order chi connectivity index (χ0) is 40.3. The fraction of sp³-hybridized carbons (Fsp3) is 0.550. The molecule has 4 heterocycles. The summed E-state index contributed by atoms with van der Waals surface area (Å²) in [5.74, 6) is -0.983. The lowest BCUT2D eigenvalue weighted by molar-refractivity contribution is -0.144. The van der Waals surface area contributed by atoms with Crippen LogP contribution in [0.5, 0.6) is 5.88 Å². The number of likely N-dealkylation sites (tertiary alicyclic amines) is 1. The number of pyridine rings is 1. The van der Waals surface area contributed by atoms with Gasteiger partial charge in [-0.3, -0.25) is 19.2 Å². The second-order valence-electron chi connectivity index (χ2n) is 16.6. The van der Waals surface area contributed by atoms with Gasteiger partial charge in [0.25, 0.3) is 5.91 Å². The van der Waals surface area contributed by atoms with E-state index in [4.69, 9.17) is 19.7 Å². The number of nitrogens with zero attached hydrogens (tertiary/aromatic N) is 4. The summed E-state index contributed by atoms with van der Waals surface area (Å²) in [6.45, 7) is 14.8. The number of ketones is 1. The van der Waals surface area contributed by atoms with Crippen LogP contribution in [0.1, 0.15) is 86.5 Å². The maximum atomic E-state index is 14.6. The van der Waals surface area contributed by atoms with Crippen molar-refractivity contribution in [3.05, 3.63) is 41.9 Å². The van der Waals surface area contributed by atoms with Gasteiger partial charge in [-0.15, -0.1) is 11.3 Å². The molecule has 300 valence electrons. The predicted molar refractivity (Wildman–Crippen MR) is 214 cm³/mol. The van der Waals surface area contributed by atoms with Gasteiger partial charge in [-0.2, -0.15) is 4.98 Å². The van der Waals surface area contributed by atoms with E-state index in [0.717, 1.165) is 32.1 Å². The summed E-state index contributed by atoms with van der Waals surface area (Å²) < 4.78 is 7.29. The monoisotopic (exact) mass is 787 g/mol. The molecule has 0 unspecified atom stereocenters. The van der Waals surface area contributed by atoms with Crippen LogP contribution in [0, 0.1) is 11.3 Å². The molecule has 15 nitrogen and oxygen atoms in total. The fourth-order valence-corrected chi connectivity index (χ4v) is 7.64. The van der Waals surface area contributed by atoms with Crippen LogP contribution >= 0.6 is 11.3 Å². The average Bonchev–Trinajstić information content (AvgIpc) is 3.60. The van der Waals surface area contributed by atoms with E-state index in [1.165, 1.54) is 16.2 Å². The Bertz CT molecular complexity index is 1990. The highest BCUT2D eigenvalue weighted by Gasteiger charge is 2.47. The van der Waals surface area contributed by atoms with Gasteiger partial charge in [0.1, 0.15) is 34.4 Å². The number of Topliss-reactive ketones (excluding diaryl/α,β-unsaturated/α-hetero) is 1. The van der Waals surface area contributed by atoms with Gasteiger partial charge in [0, 0.05) is 24.2 Å². The second kappa shape index (κ2) is 16.9. The highest BCUT2D eigenvalue weighted by atomic mass is 32.1. The van der Waals surface area contributed by atoms with Crippen LogP contribution < -0.4 is 31.3 Å². The first kappa shape index (κ1) is 40.5. The summed E-state index contributed by atoms with van der Waals surface area (Å²) in [7, 11) is 0. The third-order valence-corrected chi connectivity index (χ3v) is 11.0. The molecule has 16 heteroatoms. The summed E-state index contributed by atoms with van der Waals surface area (Å²) in [6.07, 6.45) is 4.15. The quantitative estimate of drug-likeness (QED) is 0.135. The van der Waals surface area contributed by atoms with Crippen molar-refractivity contribution in [2.75, 3.05) is 11.9 Å². The number of rotatable bonds is 15. The number of amides is 5. The normalized spacial score (nSPS) is 19.4. The van der Waals surface area contributed by atoms with Crippen molar-refractivity contribution in [1.82, 2.24) is 41.1 Å². The number of carbonyl (C=O) groups is 5. The van der Waals surface area contributed by atoms with Crippen molar-refractivity contribution >= 4 is 56.9 Å². The molecule has 0 spiro atoms. The molecule has 5 N–H and O–H groups in total. The van der Waals surface area contributed by atoms with Crippen LogP contribution in [0.3, 0.4) is 0 Å². The third-order valence-electron chi connectivity index (χ3n) is 10.1. The van der Waals surface area contributed by atoms with E-state index in [-0.39, 0.29) is 36.8 Å². The predicted octanol–water partition coefficient (Wildman–Crippen LogP) is 4.69. The maximum Gasteiger partial charge on any atom is 0.319 e. The smallest absolute Gasteiger partial charge is 0.319 e. The van der Waals surface area contributed by atoms with E-state index in [1.54, 1.807) is 6.92 Å². The Balaban J connectivity index is 1.30. The first-order chi connectivity index (χ1) is 26.5. The molecule has 5 amide bonds. The first-order valence-corrected chi connectivity index (χ1v) is 20.3. The summed E-state index contributed by atoms with van der Waals surface area (Å²) in [5.41, 5.74) is 0.810. The Hall–Kier alpha value is -5.12. The lowest BCUT2D eigenvalue weighted by Gasteiger charge is -2.35. The van der Waals surface area contributed by atoms with Crippen LogP contribution in [-0.2, 0) is 19.2 Å². The third kappa shape index (κ3) is 10.00. The van der Waals surface area contributed by atoms with E-state index in [1.807, 2.05) is 64.3 Å². The van der Waals surface area contributed by atoms with Crippen molar-refractivity contribution in [3.63, 3.8) is 0 Å². The van der Waals surface area contributed by atoms with E-state index >= 15 is 0 Å². The maximum absolute atomic E-state index is 14.6. The van der Waals surface area contributed by atoms with Gasteiger partial charge in [0.15, 0.2) is 5.82 Å². The number of nitrogens with one attached hydrogen (secondary N) is 5. The Labute approximate surface area is 331 Å². The Morgan fingerprint density at radius 3 is 2.41 bits per heavy atom. The molecule has 0 aromatic carbocycles. The largest absolute Gasteiger partial charge is 0.471 e. The van der Waals surface area contributed by atoms with E-state index < -0.39 is 59.2 Å². The molecule has 3 aromatic heterocycles. The molecule has 3 aromatic rings. The molecule has 1 aliphatic heterocycles. The van der Waals surface area contributed by atoms with E-state index in [2.05, 4.69) is 33.2 Å². The van der Waals surface area contributed by atoms with Gasteiger partial charge in [-0.1, -0.05) is 52.7 Å². The van der Waals surface area contributed by atoms with Crippen molar-refractivity contribution in [3.8, 4) is 17.4 Å². The van der Waals surface area contributed by atoms with Crippen molar-refractivity contribution in [2.24, 2.45) is 11.3 Å². The standard InChI is InChI=1S/C40H53N9O6S/c1-21(2)41-30-13-9-12-27(44-30)34-45-26-16-17-56-32(26)37(48-34)55-25-19-29(49(20-25)38(53)33(40(5,6)7)47-39(54)42-22(3)4)35(51)46-28(18-23-10-8-11-23)31(50)36(52)43-24-14-15-24/h9,12-13,16-17,21,23-25,28-29,33H,3,8,10-11,14-15,18-20H2,1-2,4-7H3,(H,41,44)(H,43,52)(H,46,51)(H2,42,47,54)/t25-,28+,29+,33-/m1/s1. The van der Waals surface area contributed by atoms with Crippen LogP contribution in [0.25, 0.3) is 21.7 Å². The summed E-state index contributed by atoms with van der Waals surface area (Å²) in [5, 5.41) is 16.2. The number of allylic oxidation sites excluding steroid dienone is 1.